The predicted octanol–water partition coefficient (Wildman–Crippen LogP) is 4.50. The fourth-order valence-electron chi connectivity index (χ4n) is 3.53. The molecule has 1 N–H and O–H groups in total. The number of hydrogen-bond donors (Lipinski definition) is 1. The molecule has 0 radical (unpaired) electrons. The Morgan fingerprint density at radius 3 is 2.38 bits per heavy atom. The van der Waals surface area contributed by atoms with Crippen molar-refractivity contribution >= 4 is 38.4 Å². The highest BCUT2D eigenvalue weighted by molar-refractivity contribution is 7.89. The van der Waals surface area contributed by atoms with Crippen molar-refractivity contribution in [2.75, 3.05) is 37.5 Å². The Morgan fingerprint density at radius 1 is 1.03 bits per heavy atom. The SMILES string of the molecule is CN(C)c1ccc(/C=N/Nc2nc(-c3ccc(S(=O)(=O)N4CCCCC4)cc3)cs2)cc1. The van der Waals surface area contributed by atoms with Crippen molar-refractivity contribution in [3.05, 3.63) is 59.5 Å². The highest BCUT2D eigenvalue weighted by Gasteiger charge is 2.25. The molecule has 1 aromatic heterocycles. The molecular formula is C23H27N5O2S2. The van der Waals surface area contributed by atoms with Crippen molar-refractivity contribution in [3.8, 4) is 11.3 Å². The van der Waals surface area contributed by atoms with Crippen molar-refractivity contribution in [2.45, 2.75) is 24.2 Å². The lowest BCUT2D eigenvalue weighted by atomic mass is 10.2. The van der Waals surface area contributed by atoms with Crippen molar-refractivity contribution in [1.82, 2.24) is 9.29 Å². The summed E-state index contributed by atoms with van der Waals surface area (Å²) in [6.45, 7) is 1.21. The highest BCUT2D eigenvalue weighted by atomic mass is 32.2. The van der Waals surface area contributed by atoms with Gasteiger partial charge in [0.25, 0.3) is 0 Å². The first kappa shape index (κ1) is 22.4. The molecule has 1 aliphatic heterocycles. The molecule has 2 heterocycles. The maximum atomic E-state index is 12.8. The zero-order valence-corrected chi connectivity index (χ0v) is 19.9. The molecule has 168 valence electrons. The van der Waals surface area contributed by atoms with Crippen molar-refractivity contribution in [3.63, 3.8) is 0 Å². The average molecular weight is 470 g/mol. The maximum absolute atomic E-state index is 12.8. The van der Waals surface area contributed by atoms with Gasteiger partial charge in [0.1, 0.15) is 0 Å². The molecule has 9 heteroatoms. The van der Waals surface area contributed by atoms with Crippen LogP contribution in [-0.2, 0) is 10.0 Å². The summed E-state index contributed by atoms with van der Waals surface area (Å²) in [7, 11) is 0.591. The fourth-order valence-corrected chi connectivity index (χ4v) is 5.72. The minimum absolute atomic E-state index is 0.335. The largest absolute Gasteiger partial charge is 0.378 e. The van der Waals surface area contributed by atoms with Gasteiger partial charge in [-0.25, -0.2) is 13.4 Å². The molecule has 32 heavy (non-hydrogen) atoms. The smallest absolute Gasteiger partial charge is 0.243 e. The normalized spacial score (nSPS) is 15.2. The zero-order valence-electron chi connectivity index (χ0n) is 18.2. The molecule has 0 aliphatic carbocycles. The molecule has 1 saturated heterocycles. The van der Waals surface area contributed by atoms with E-state index in [1.165, 1.54) is 11.3 Å². The number of piperidine rings is 1. The molecule has 0 saturated carbocycles. The van der Waals surface area contributed by atoms with Crippen LogP contribution in [-0.4, -0.2) is 51.1 Å². The van der Waals surface area contributed by atoms with Crippen LogP contribution in [0.5, 0.6) is 0 Å². The van der Waals surface area contributed by atoms with E-state index >= 15 is 0 Å². The molecule has 0 atom stereocenters. The molecule has 0 bridgehead atoms. The molecular weight excluding hydrogens is 442 g/mol. The minimum Gasteiger partial charge on any atom is -0.378 e. The minimum atomic E-state index is -3.42. The van der Waals surface area contributed by atoms with Gasteiger partial charge in [0.05, 0.1) is 16.8 Å². The van der Waals surface area contributed by atoms with E-state index in [1.54, 1.807) is 22.7 Å². The summed E-state index contributed by atoms with van der Waals surface area (Å²) in [6, 6.07) is 15.1. The lowest BCUT2D eigenvalue weighted by molar-refractivity contribution is 0.346. The summed E-state index contributed by atoms with van der Waals surface area (Å²) in [5, 5.41) is 6.87. The van der Waals surface area contributed by atoms with Crippen LogP contribution in [0.25, 0.3) is 11.3 Å². The first-order valence-electron chi connectivity index (χ1n) is 10.6. The topological polar surface area (TPSA) is 77.9 Å². The van der Waals surface area contributed by atoms with Crippen molar-refractivity contribution in [1.29, 1.82) is 0 Å². The van der Waals surface area contributed by atoms with Gasteiger partial charge in [0, 0.05) is 43.8 Å². The van der Waals surface area contributed by atoms with E-state index in [-0.39, 0.29) is 0 Å². The number of sulfonamides is 1. The predicted molar refractivity (Wildman–Crippen MR) is 132 cm³/mol. The second-order valence-corrected chi connectivity index (χ2v) is 10.7. The Morgan fingerprint density at radius 2 is 1.72 bits per heavy atom. The lowest BCUT2D eigenvalue weighted by Gasteiger charge is -2.25. The standard InChI is InChI=1S/C23H27N5O2S2/c1-27(2)20-10-6-18(7-11-20)16-24-26-23-25-22(17-31-23)19-8-12-21(13-9-19)32(29,30)28-14-4-3-5-15-28/h6-13,16-17H,3-5,14-15H2,1-2H3,(H,25,26)/b24-16+. The number of hydrazone groups is 1. The summed E-state index contributed by atoms with van der Waals surface area (Å²) >= 11 is 1.45. The van der Waals surface area contributed by atoms with E-state index in [0.717, 1.165) is 41.8 Å². The lowest BCUT2D eigenvalue weighted by Crippen LogP contribution is -2.35. The summed E-state index contributed by atoms with van der Waals surface area (Å²) < 4.78 is 27.2. The van der Waals surface area contributed by atoms with E-state index < -0.39 is 10.0 Å². The van der Waals surface area contributed by atoms with E-state index in [2.05, 4.69) is 15.5 Å². The van der Waals surface area contributed by atoms with Crippen LogP contribution in [0.15, 0.2) is 63.9 Å². The second-order valence-electron chi connectivity index (χ2n) is 7.88. The first-order valence-corrected chi connectivity index (χ1v) is 12.9. The van der Waals surface area contributed by atoms with E-state index in [1.807, 2.05) is 60.8 Å². The number of nitrogens with one attached hydrogen (secondary N) is 1. The van der Waals surface area contributed by atoms with E-state index in [9.17, 15) is 8.42 Å². The first-order chi connectivity index (χ1) is 15.4. The molecule has 0 spiro atoms. The fraction of sp³-hybridized carbons (Fsp3) is 0.304. The number of hydrogen-bond acceptors (Lipinski definition) is 7. The summed E-state index contributed by atoms with van der Waals surface area (Å²) in [5.41, 5.74) is 6.74. The number of thiazole rings is 1. The van der Waals surface area contributed by atoms with Gasteiger partial charge in [-0.1, -0.05) is 30.7 Å². The van der Waals surface area contributed by atoms with Crippen molar-refractivity contribution in [2.24, 2.45) is 5.10 Å². The molecule has 4 rings (SSSR count). The number of rotatable bonds is 7. The number of nitrogens with zero attached hydrogens (tertiary/aromatic N) is 4. The average Bonchev–Trinajstić information content (AvgIpc) is 3.29. The van der Waals surface area contributed by atoms with Crippen LogP contribution in [0.4, 0.5) is 10.8 Å². The third-order valence-electron chi connectivity index (χ3n) is 5.39. The second kappa shape index (κ2) is 9.81. The highest BCUT2D eigenvalue weighted by Crippen LogP contribution is 2.27. The van der Waals surface area contributed by atoms with Gasteiger partial charge in [-0.15, -0.1) is 11.3 Å². The monoisotopic (exact) mass is 469 g/mol. The van der Waals surface area contributed by atoms with Gasteiger partial charge < -0.3 is 4.90 Å². The van der Waals surface area contributed by atoms with Gasteiger partial charge in [-0.2, -0.15) is 9.41 Å². The molecule has 1 aliphatic rings. The van der Waals surface area contributed by atoms with E-state index in [4.69, 9.17) is 0 Å². The molecule has 0 amide bonds. The van der Waals surface area contributed by atoms with Gasteiger partial charge in [0.2, 0.25) is 15.2 Å². The van der Waals surface area contributed by atoms with Crippen LogP contribution in [0, 0.1) is 0 Å². The summed E-state index contributed by atoms with van der Waals surface area (Å²) in [4.78, 5) is 6.94. The number of benzene rings is 2. The van der Waals surface area contributed by atoms with Crippen LogP contribution in [0.1, 0.15) is 24.8 Å². The van der Waals surface area contributed by atoms with Gasteiger partial charge in [-0.05, 0) is 42.7 Å². The van der Waals surface area contributed by atoms with E-state index in [0.29, 0.717) is 23.1 Å². The van der Waals surface area contributed by atoms with Crippen LogP contribution >= 0.6 is 11.3 Å². The van der Waals surface area contributed by atoms with Crippen LogP contribution < -0.4 is 10.3 Å². The Balaban J connectivity index is 1.40. The quantitative estimate of drug-likeness (QED) is 0.407. The van der Waals surface area contributed by atoms with Gasteiger partial charge in [-0.3, -0.25) is 5.43 Å². The maximum Gasteiger partial charge on any atom is 0.243 e. The van der Waals surface area contributed by atoms with Crippen LogP contribution in [0.3, 0.4) is 0 Å². The third-order valence-corrected chi connectivity index (χ3v) is 8.05. The third kappa shape index (κ3) is 5.17. The number of aromatic nitrogens is 1. The Bertz CT molecular complexity index is 1160. The zero-order chi connectivity index (χ0) is 22.6. The molecule has 2 aromatic carbocycles. The summed E-state index contributed by atoms with van der Waals surface area (Å²) in [5.74, 6) is 0. The molecule has 1 fully saturated rings. The number of anilines is 2. The molecule has 3 aromatic rings. The molecule has 7 nitrogen and oxygen atoms in total. The van der Waals surface area contributed by atoms with Crippen molar-refractivity contribution < 1.29 is 8.42 Å². The Hall–Kier alpha value is -2.75. The Labute approximate surface area is 193 Å². The van der Waals surface area contributed by atoms with Crippen LogP contribution in [0.2, 0.25) is 0 Å². The summed E-state index contributed by atoms with van der Waals surface area (Å²) in [6.07, 6.45) is 4.70. The Kier molecular flexibility index (Phi) is 6.88. The van der Waals surface area contributed by atoms with Gasteiger partial charge >= 0.3 is 0 Å². The molecule has 0 unspecified atom stereocenters. The van der Waals surface area contributed by atoms with Gasteiger partial charge in [0.15, 0.2) is 0 Å².